The molecule has 132 valence electrons. The van der Waals surface area contributed by atoms with Gasteiger partial charge < -0.3 is 15.4 Å². The van der Waals surface area contributed by atoms with Crippen molar-refractivity contribution in [2.24, 2.45) is 0 Å². The summed E-state index contributed by atoms with van der Waals surface area (Å²) in [6.45, 7) is 2.67. The summed E-state index contributed by atoms with van der Waals surface area (Å²) < 4.78 is 5.16. The van der Waals surface area contributed by atoms with Crippen LogP contribution >= 0.6 is 0 Å². The summed E-state index contributed by atoms with van der Waals surface area (Å²) in [6.07, 6.45) is 1.37. The molecule has 3 rings (SSSR count). The zero-order valence-electron chi connectivity index (χ0n) is 14.7. The van der Waals surface area contributed by atoms with Crippen molar-refractivity contribution in [1.29, 1.82) is 0 Å². The van der Waals surface area contributed by atoms with Crippen LogP contribution in [0, 0.1) is 6.92 Å². The molecule has 1 aromatic heterocycles. The molecule has 0 atom stereocenters. The Morgan fingerprint density at radius 1 is 1.08 bits per heavy atom. The summed E-state index contributed by atoms with van der Waals surface area (Å²) in [5.41, 5.74) is 3.28. The molecule has 0 spiro atoms. The highest BCUT2D eigenvalue weighted by Crippen LogP contribution is 2.17. The van der Waals surface area contributed by atoms with Gasteiger partial charge in [0.25, 0.3) is 5.91 Å². The Balaban J connectivity index is 1.65. The van der Waals surface area contributed by atoms with Crippen molar-refractivity contribution in [2.45, 2.75) is 13.5 Å². The lowest BCUT2D eigenvalue weighted by Crippen LogP contribution is -2.14. The molecule has 0 aliphatic rings. The van der Waals surface area contributed by atoms with E-state index >= 15 is 0 Å². The van der Waals surface area contributed by atoms with E-state index < -0.39 is 0 Å². The van der Waals surface area contributed by atoms with Gasteiger partial charge in [-0.1, -0.05) is 35.9 Å². The number of nitrogens with one attached hydrogen (secondary N) is 2. The monoisotopic (exact) mass is 348 g/mol. The zero-order valence-corrected chi connectivity index (χ0v) is 14.7. The van der Waals surface area contributed by atoms with Gasteiger partial charge in [0.05, 0.1) is 7.11 Å². The van der Waals surface area contributed by atoms with Crippen molar-refractivity contribution < 1.29 is 9.53 Å². The minimum atomic E-state index is -0.306. The van der Waals surface area contributed by atoms with Gasteiger partial charge in [0, 0.05) is 24.4 Å². The fourth-order valence-electron chi connectivity index (χ4n) is 2.37. The van der Waals surface area contributed by atoms with Crippen LogP contribution in [0.15, 0.2) is 60.9 Å². The van der Waals surface area contributed by atoms with E-state index in [4.69, 9.17) is 4.74 Å². The SMILES string of the molecule is COc1cccc(NC(=O)c2cc(NCc3ccc(C)cc3)ncn2)c1. The average molecular weight is 348 g/mol. The third kappa shape index (κ3) is 4.57. The molecule has 0 bridgehead atoms. The Hall–Kier alpha value is -3.41. The lowest BCUT2D eigenvalue weighted by atomic mass is 10.1. The van der Waals surface area contributed by atoms with Gasteiger partial charge in [-0.05, 0) is 24.6 Å². The first-order valence-electron chi connectivity index (χ1n) is 8.21. The number of ether oxygens (including phenoxy) is 1. The van der Waals surface area contributed by atoms with Crippen LogP contribution in [-0.2, 0) is 6.54 Å². The van der Waals surface area contributed by atoms with Crippen molar-refractivity contribution in [3.8, 4) is 5.75 Å². The fraction of sp³-hybridized carbons (Fsp3) is 0.150. The number of methoxy groups -OCH3 is 1. The van der Waals surface area contributed by atoms with Gasteiger partial charge in [-0.25, -0.2) is 9.97 Å². The minimum absolute atomic E-state index is 0.286. The molecule has 0 fully saturated rings. The van der Waals surface area contributed by atoms with Crippen LogP contribution in [-0.4, -0.2) is 23.0 Å². The number of aromatic nitrogens is 2. The normalized spacial score (nSPS) is 10.2. The third-order valence-corrected chi connectivity index (χ3v) is 3.82. The largest absolute Gasteiger partial charge is 0.497 e. The third-order valence-electron chi connectivity index (χ3n) is 3.82. The maximum Gasteiger partial charge on any atom is 0.274 e. The number of hydrogen-bond donors (Lipinski definition) is 2. The fourth-order valence-corrected chi connectivity index (χ4v) is 2.37. The Kier molecular flexibility index (Phi) is 5.43. The zero-order chi connectivity index (χ0) is 18.4. The van der Waals surface area contributed by atoms with E-state index in [1.165, 1.54) is 11.9 Å². The molecule has 0 saturated carbocycles. The molecule has 2 aromatic carbocycles. The molecular weight excluding hydrogens is 328 g/mol. The van der Waals surface area contributed by atoms with Crippen LogP contribution < -0.4 is 15.4 Å². The Bertz CT molecular complexity index is 894. The van der Waals surface area contributed by atoms with E-state index in [9.17, 15) is 4.79 Å². The van der Waals surface area contributed by atoms with Gasteiger partial charge in [0.15, 0.2) is 0 Å². The molecule has 2 N–H and O–H groups in total. The van der Waals surface area contributed by atoms with Crippen molar-refractivity contribution in [2.75, 3.05) is 17.7 Å². The number of nitrogens with zero attached hydrogens (tertiary/aromatic N) is 2. The first kappa shape index (κ1) is 17.4. The van der Waals surface area contributed by atoms with E-state index in [1.54, 1.807) is 25.3 Å². The molecule has 0 aliphatic heterocycles. The van der Waals surface area contributed by atoms with Crippen LogP contribution in [0.3, 0.4) is 0 Å². The number of anilines is 2. The van der Waals surface area contributed by atoms with Gasteiger partial charge in [-0.2, -0.15) is 0 Å². The molecule has 6 heteroatoms. The highest BCUT2D eigenvalue weighted by molar-refractivity contribution is 6.03. The maximum atomic E-state index is 12.4. The first-order valence-corrected chi connectivity index (χ1v) is 8.21. The molecule has 6 nitrogen and oxygen atoms in total. The second-order valence-electron chi connectivity index (χ2n) is 5.81. The van der Waals surface area contributed by atoms with Gasteiger partial charge in [-0.15, -0.1) is 0 Å². The van der Waals surface area contributed by atoms with Gasteiger partial charge in [0.1, 0.15) is 23.6 Å². The Labute approximate surface area is 152 Å². The van der Waals surface area contributed by atoms with Crippen LogP contribution in [0.25, 0.3) is 0 Å². The molecule has 0 aliphatic carbocycles. The molecule has 0 saturated heterocycles. The lowest BCUT2D eigenvalue weighted by molar-refractivity contribution is 0.102. The van der Waals surface area contributed by atoms with E-state index in [-0.39, 0.29) is 11.6 Å². The van der Waals surface area contributed by atoms with E-state index in [2.05, 4.69) is 51.8 Å². The van der Waals surface area contributed by atoms with Crippen LogP contribution in [0.5, 0.6) is 5.75 Å². The number of carbonyl (C=O) groups is 1. The van der Waals surface area contributed by atoms with E-state index in [0.717, 1.165) is 5.56 Å². The second-order valence-corrected chi connectivity index (χ2v) is 5.81. The molecule has 3 aromatic rings. The van der Waals surface area contributed by atoms with Crippen molar-refractivity contribution in [3.63, 3.8) is 0 Å². The average Bonchev–Trinajstić information content (AvgIpc) is 2.68. The van der Waals surface area contributed by atoms with Gasteiger partial charge in [-0.3, -0.25) is 4.79 Å². The van der Waals surface area contributed by atoms with Crippen molar-refractivity contribution in [3.05, 3.63) is 77.7 Å². The molecule has 26 heavy (non-hydrogen) atoms. The highest BCUT2D eigenvalue weighted by atomic mass is 16.5. The van der Waals surface area contributed by atoms with Gasteiger partial charge >= 0.3 is 0 Å². The molecule has 1 heterocycles. The van der Waals surface area contributed by atoms with Crippen molar-refractivity contribution >= 4 is 17.4 Å². The first-order chi connectivity index (χ1) is 12.6. The van der Waals surface area contributed by atoms with Gasteiger partial charge in [0.2, 0.25) is 0 Å². The molecule has 1 amide bonds. The number of amides is 1. The minimum Gasteiger partial charge on any atom is -0.497 e. The predicted molar refractivity (Wildman–Crippen MR) is 101 cm³/mol. The number of carbonyl (C=O) groups excluding carboxylic acids is 1. The van der Waals surface area contributed by atoms with E-state index in [0.29, 0.717) is 23.8 Å². The quantitative estimate of drug-likeness (QED) is 0.711. The summed E-state index contributed by atoms with van der Waals surface area (Å²) in [5, 5.41) is 6.01. The standard InChI is InChI=1S/C20H20N4O2/c1-14-6-8-15(9-7-14)12-21-19-11-18(22-13-23-19)20(25)24-16-4-3-5-17(10-16)26-2/h3-11,13H,12H2,1-2H3,(H,24,25)(H,21,22,23). The number of rotatable bonds is 6. The Morgan fingerprint density at radius 3 is 2.65 bits per heavy atom. The lowest BCUT2D eigenvalue weighted by Gasteiger charge is -2.09. The predicted octanol–water partition coefficient (Wildman–Crippen LogP) is 3.66. The summed E-state index contributed by atoms with van der Waals surface area (Å²) in [6, 6.07) is 17.0. The molecular formula is C20H20N4O2. The summed E-state index contributed by atoms with van der Waals surface area (Å²) in [4.78, 5) is 20.6. The van der Waals surface area contributed by atoms with E-state index in [1.807, 2.05) is 12.1 Å². The highest BCUT2D eigenvalue weighted by Gasteiger charge is 2.10. The second kappa shape index (κ2) is 8.11. The molecule has 0 unspecified atom stereocenters. The smallest absolute Gasteiger partial charge is 0.274 e. The summed E-state index contributed by atoms with van der Waals surface area (Å²) in [7, 11) is 1.58. The molecule has 0 radical (unpaired) electrons. The van der Waals surface area contributed by atoms with Crippen LogP contribution in [0.4, 0.5) is 11.5 Å². The summed E-state index contributed by atoms with van der Waals surface area (Å²) in [5.74, 6) is 0.960. The maximum absolute atomic E-state index is 12.4. The number of benzene rings is 2. The topological polar surface area (TPSA) is 76.1 Å². The van der Waals surface area contributed by atoms with Crippen molar-refractivity contribution in [1.82, 2.24) is 9.97 Å². The van der Waals surface area contributed by atoms with Crippen LogP contribution in [0.1, 0.15) is 21.6 Å². The Morgan fingerprint density at radius 2 is 1.88 bits per heavy atom. The summed E-state index contributed by atoms with van der Waals surface area (Å²) >= 11 is 0. The number of hydrogen-bond acceptors (Lipinski definition) is 5. The number of aryl methyl sites for hydroxylation is 1. The van der Waals surface area contributed by atoms with Crippen LogP contribution in [0.2, 0.25) is 0 Å².